The highest BCUT2D eigenvalue weighted by Gasteiger charge is 2.12. The third kappa shape index (κ3) is 2.82. The molecule has 0 fully saturated rings. The molecule has 82 valence electrons. The number of methoxy groups -OCH3 is 1. The Labute approximate surface area is 91.3 Å². The molecule has 1 aromatic rings. The maximum absolute atomic E-state index is 11.1. The molecule has 1 aromatic carbocycles. The predicted octanol–water partition coefficient (Wildman–Crippen LogP) is 2.95. The van der Waals surface area contributed by atoms with Crippen molar-refractivity contribution in [3.8, 4) is 5.75 Å². The third-order valence-electron chi connectivity index (χ3n) is 2.39. The highest BCUT2D eigenvalue weighted by atomic mass is 16.5. The lowest BCUT2D eigenvalue weighted by Gasteiger charge is -2.15. The van der Waals surface area contributed by atoms with Gasteiger partial charge in [0, 0.05) is 12.0 Å². The summed E-state index contributed by atoms with van der Waals surface area (Å²) in [5, 5.41) is 0. The Bertz CT molecular complexity index is 354. The summed E-state index contributed by atoms with van der Waals surface area (Å²) in [6, 6.07) is 5.98. The molecule has 15 heavy (non-hydrogen) atoms. The van der Waals surface area contributed by atoms with Gasteiger partial charge in [-0.05, 0) is 18.4 Å². The first-order chi connectivity index (χ1) is 7.06. The Hall–Kier alpha value is -1.31. The van der Waals surface area contributed by atoms with E-state index in [-0.39, 0.29) is 5.78 Å². The van der Waals surface area contributed by atoms with Crippen LogP contribution in [0.4, 0.5) is 0 Å². The topological polar surface area (TPSA) is 26.3 Å². The van der Waals surface area contributed by atoms with Crippen LogP contribution in [0.15, 0.2) is 18.2 Å². The van der Waals surface area contributed by atoms with E-state index in [0.29, 0.717) is 12.3 Å². The zero-order valence-electron chi connectivity index (χ0n) is 9.83. The number of carbonyl (C=O) groups is 1. The second-order valence-electron chi connectivity index (χ2n) is 4.07. The monoisotopic (exact) mass is 206 g/mol. The lowest BCUT2D eigenvalue weighted by atomic mass is 9.97. The second-order valence-corrected chi connectivity index (χ2v) is 4.07. The summed E-state index contributed by atoms with van der Waals surface area (Å²) in [6.45, 7) is 5.84. The van der Waals surface area contributed by atoms with Crippen LogP contribution in [-0.2, 0) is 11.2 Å². The third-order valence-corrected chi connectivity index (χ3v) is 2.39. The molecule has 0 bridgehead atoms. The number of Topliss-reactive ketones (excluding diaryl/α,β-unsaturated/α-hetero) is 1. The van der Waals surface area contributed by atoms with Gasteiger partial charge in [-0.1, -0.05) is 32.0 Å². The number of rotatable bonds is 4. The van der Waals surface area contributed by atoms with Crippen LogP contribution in [0.5, 0.6) is 5.75 Å². The predicted molar refractivity (Wildman–Crippen MR) is 61.5 cm³/mol. The van der Waals surface area contributed by atoms with Crippen molar-refractivity contribution in [3.05, 3.63) is 29.3 Å². The number of carbonyl (C=O) groups excluding carboxylic acids is 1. The molecule has 0 aromatic heterocycles. The molecule has 0 saturated carbocycles. The van der Waals surface area contributed by atoms with E-state index >= 15 is 0 Å². The van der Waals surface area contributed by atoms with Crippen LogP contribution in [0.2, 0.25) is 0 Å². The number of hydrogen-bond donors (Lipinski definition) is 0. The molecule has 0 spiro atoms. The molecule has 0 radical (unpaired) electrons. The molecule has 0 saturated heterocycles. The molecule has 0 heterocycles. The fraction of sp³-hybridized carbons (Fsp3) is 0.462. The fourth-order valence-electron chi connectivity index (χ4n) is 1.72. The van der Waals surface area contributed by atoms with Crippen LogP contribution in [0.1, 0.15) is 37.8 Å². The van der Waals surface area contributed by atoms with Crippen molar-refractivity contribution in [2.75, 3.05) is 7.11 Å². The van der Waals surface area contributed by atoms with Crippen molar-refractivity contribution in [1.82, 2.24) is 0 Å². The molecule has 2 nitrogen and oxygen atoms in total. The maximum atomic E-state index is 11.1. The van der Waals surface area contributed by atoms with Gasteiger partial charge >= 0.3 is 0 Å². The minimum absolute atomic E-state index is 0.161. The number of benzene rings is 1. The van der Waals surface area contributed by atoms with Crippen molar-refractivity contribution in [3.63, 3.8) is 0 Å². The highest BCUT2D eigenvalue weighted by molar-refractivity contribution is 5.79. The van der Waals surface area contributed by atoms with Crippen molar-refractivity contribution in [2.24, 2.45) is 0 Å². The quantitative estimate of drug-likeness (QED) is 0.757. The lowest BCUT2D eigenvalue weighted by molar-refractivity contribution is -0.116. The smallest absolute Gasteiger partial charge is 0.134 e. The molecule has 0 aliphatic carbocycles. The molecule has 0 N–H and O–H groups in total. The van der Waals surface area contributed by atoms with Gasteiger partial charge in [-0.15, -0.1) is 0 Å². The first-order valence-corrected chi connectivity index (χ1v) is 5.21. The number of ether oxygens (including phenoxy) is 1. The summed E-state index contributed by atoms with van der Waals surface area (Å²) < 4.78 is 5.39. The van der Waals surface area contributed by atoms with Gasteiger partial charge in [0.2, 0.25) is 0 Å². The second kappa shape index (κ2) is 4.96. The van der Waals surface area contributed by atoms with Gasteiger partial charge in [0.1, 0.15) is 11.5 Å². The molecular formula is C13H18O2. The van der Waals surface area contributed by atoms with Crippen molar-refractivity contribution >= 4 is 5.78 Å². The van der Waals surface area contributed by atoms with E-state index in [4.69, 9.17) is 4.74 Å². The van der Waals surface area contributed by atoms with Gasteiger partial charge in [0.05, 0.1) is 7.11 Å². The van der Waals surface area contributed by atoms with E-state index < -0.39 is 0 Å². The first-order valence-electron chi connectivity index (χ1n) is 5.21. The Balaban J connectivity index is 3.15. The zero-order valence-corrected chi connectivity index (χ0v) is 9.83. The Kier molecular flexibility index (Phi) is 3.89. The Morgan fingerprint density at radius 1 is 1.40 bits per heavy atom. The maximum Gasteiger partial charge on any atom is 0.134 e. The average molecular weight is 206 g/mol. The van der Waals surface area contributed by atoms with Crippen LogP contribution in [0.3, 0.4) is 0 Å². The minimum atomic E-state index is 0.161. The zero-order chi connectivity index (χ0) is 11.4. The highest BCUT2D eigenvalue weighted by Crippen LogP contribution is 2.30. The Morgan fingerprint density at radius 3 is 2.53 bits per heavy atom. The van der Waals surface area contributed by atoms with Gasteiger partial charge in [-0.2, -0.15) is 0 Å². The number of ketones is 1. The van der Waals surface area contributed by atoms with Gasteiger partial charge in [0.15, 0.2) is 0 Å². The summed E-state index contributed by atoms with van der Waals surface area (Å²) in [4.78, 5) is 11.1. The number of hydrogen-bond acceptors (Lipinski definition) is 2. The van der Waals surface area contributed by atoms with E-state index in [1.165, 1.54) is 0 Å². The van der Waals surface area contributed by atoms with Crippen LogP contribution in [0.25, 0.3) is 0 Å². The molecule has 1 rings (SSSR count). The van der Waals surface area contributed by atoms with Crippen molar-refractivity contribution < 1.29 is 9.53 Å². The minimum Gasteiger partial charge on any atom is -0.496 e. The molecule has 0 atom stereocenters. The van der Waals surface area contributed by atoms with Crippen LogP contribution >= 0.6 is 0 Å². The number of para-hydroxylation sites is 1. The van der Waals surface area contributed by atoms with Crippen LogP contribution in [-0.4, -0.2) is 12.9 Å². The van der Waals surface area contributed by atoms with Crippen LogP contribution < -0.4 is 4.74 Å². The summed E-state index contributed by atoms with van der Waals surface area (Å²) in [7, 11) is 1.66. The van der Waals surface area contributed by atoms with Gasteiger partial charge < -0.3 is 4.74 Å². The van der Waals surface area contributed by atoms with Gasteiger partial charge in [-0.3, -0.25) is 4.79 Å². The summed E-state index contributed by atoms with van der Waals surface area (Å²) in [5.74, 6) is 1.43. The van der Waals surface area contributed by atoms with E-state index in [0.717, 1.165) is 16.9 Å². The van der Waals surface area contributed by atoms with Crippen molar-refractivity contribution in [2.45, 2.75) is 33.1 Å². The molecule has 0 aliphatic rings. The van der Waals surface area contributed by atoms with Crippen LogP contribution in [0, 0.1) is 0 Å². The van der Waals surface area contributed by atoms with Crippen molar-refractivity contribution in [1.29, 1.82) is 0 Å². The standard InChI is InChI=1S/C13H18O2/c1-9(2)12-7-5-6-11(8-10(3)14)13(12)15-4/h5-7,9H,8H2,1-4H3. The van der Waals surface area contributed by atoms with Gasteiger partial charge in [0.25, 0.3) is 0 Å². The normalized spacial score (nSPS) is 10.5. The molecule has 2 heteroatoms. The first kappa shape index (κ1) is 11.8. The largest absolute Gasteiger partial charge is 0.496 e. The summed E-state index contributed by atoms with van der Waals surface area (Å²) in [5.41, 5.74) is 2.15. The lowest BCUT2D eigenvalue weighted by Crippen LogP contribution is -2.03. The summed E-state index contributed by atoms with van der Waals surface area (Å²) >= 11 is 0. The molecular weight excluding hydrogens is 188 g/mol. The van der Waals surface area contributed by atoms with E-state index in [1.54, 1.807) is 14.0 Å². The van der Waals surface area contributed by atoms with E-state index in [9.17, 15) is 4.79 Å². The SMILES string of the molecule is COc1c(CC(C)=O)cccc1C(C)C. The molecule has 0 aliphatic heterocycles. The molecule has 0 amide bonds. The fourth-order valence-corrected chi connectivity index (χ4v) is 1.72. The Morgan fingerprint density at radius 2 is 2.07 bits per heavy atom. The van der Waals surface area contributed by atoms with E-state index in [1.807, 2.05) is 18.2 Å². The van der Waals surface area contributed by atoms with E-state index in [2.05, 4.69) is 13.8 Å². The summed E-state index contributed by atoms with van der Waals surface area (Å²) in [6.07, 6.45) is 0.448. The molecule has 0 unspecified atom stereocenters. The average Bonchev–Trinajstić information content (AvgIpc) is 2.16. The van der Waals surface area contributed by atoms with Gasteiger partial charge in [-0.25, -0.2) is 0 Å².